The fourth-order valence-corrected chi connectivity index (χ4v) is 1.98. The van der Waals surface area contributed by atoms with Gasteiger partial charge in [-0.25, -0.2) is 4.39 Å². The maximum atomic E-state index is 13.3. The van der Waals surface area contributed by atoms with Crippen LogP contribution in [0.15, 0.2) is 42.5 Å². The molecule has 1 amide bonds. The number of rotatable bonds is 7. The third kappa shape index (κ3) is 4.85. The quantitative estimate of drug-likeness (QED) is 0.592. The summed E-state index contributed by atoms with van der Waals surface area (Å²) in [5.74, 6) is -2.28. The highest BCUT2D eigenvalue weighted by Crippen LogP contribution is 2.29. The number of amides is 1. The molecule has 1 unspecified atom stereocenters. The Hall–Kier alpha value is -3.30. The van der Waals surface area contributed by atoms with Crippen LogP contribution in [0.3, 0.4) is 0 Å². The topological polar surface area (TPSA) is 90.7 Å². The van der Waals surface area contributed by atoms with Crippen LogP contribution in [0.5, 0.6) is 11.5 Å². The van der Waals surface area contributed by atoms with Crippen LogP contribution < -0.4 is 14.8 Å². The van der Waals surface area contributed by atoms with E-state index in [9.17, 15) is 28.1 Å². The van der Waals surface area contributed by atoms with Crippen LogP contribution in [-0.2, 0) is 4.79 Å². The van der Waals surface area contributed by atoms with E-state index in [0.29, 0.717) is 0 Å². The van der Waals surface area contributed by atoms with E-state index in [2.05, 4.69) is 10.1 Å². The lowest BCUT2D eigenvalue weighted by molar-refractivity contribution is -0.386. The molecule has 0 bridgehead atoms. The van der Waals surface area contributed by atoms with Crippen molar-refractivity contribution in [1.82, 2.24) is 0 Å². The molecule has 138 valence electrons. The highest BCUT2D eigenvalue weighted by molar-refractivity contribution is 5.95. The van der Waals surface area contributed by atoms with E-state index < -0.39 is 40.8 Å². The average molecular weight is 370 g/mol. The lowest BCUT2D eigenvalue weighted by Gasteiger charge is -2.16. The third-order valence-electron chi connectivity index (χ3n) is 3.15. The molecule has 1 N–H and O–H groups in total. The molecule has 1 atom stereocenters. The molecule has 0 aliphatic carbocycles. The Morgan fingerprint density at radius 1 is 1.15 bits per heavy atom. The number of nitrogens with zero attached hydrogens (tertiary/aromatic N) is 1. The van der Waals surface area contributed by atoms with Crippen molar-refractivity contribution in [3.63, 3.8) is 0 Å². The van der Waals surface area contributed by atoms with Gasteiger partial charge < -0.3 is 14.8 Å². The normalized spacial score (nSPS) is 11.7. The maximum Gasteiger partial charge on any atom is 0.387 e. The Balaban J connectivity index is 2.14. The smallest absolute Gasteiger partial charge is 0.387 e. The zero-order valence-electron chi connectivity index (χ0n) is 13.3. The number of nitro benzene ring substituents is 1. The predicted octanol–water partition coefficient (Wildman–Crippen LogP) is 3.74. The van der Waals surface area contributed by atoms with Crippen LogP contribution in [0.25, 0.3) is 0 Å². The summed E-state index contributed by atoms with van der Waals surface area (Å²) in [5.41, 5.74) is -0.561. The number of halogens is 3. The Morgan fingerprint density at radius 2 is 1.85 bits per heavy atom. The van der Waals surface area contributed by atoms with Gasteiger partial charge in [0.05, 0.1) is 10.6 Å². The first-order valence-electron chi connectivity index (χ1n) is 7.23. The molecule has 2 aromatic rings. The number of nitro groups is 1. The second kappa shape index (κ2) is 8.19. The minimum absolute atomic E-state index is 0.0398. The number of hydrogen-bond donors (Lipinski definition) is 1. The largest absolute Gasteiger partial charge is 0.474 e. The van der Waals surface area contributed by atoms with Gasteiger partial charge in [-0.3, -0.25) is 14.9 Å². The molecule has 0 spiro atoms. The molecule has 0 aliphatic rings. The summed E-state index contributed by atoms with van der Waals surface area (Å²) in [6.07, 6.45) is -1.28. The molecule has 7 nitrogen and oxygen atoms in total. The number of benzene rings is 2. The third-order valence-corrected chi connectivity index (χ3v) is 3.15. The number of ether oxygens (including phenoxy) is 2. The van der Waals surface area contributed by atoms with Crippen LogP contribution in [0, 0.1) is 15.9 Å². The Labute approximate surface area is 145 Å². The van der Waals surface area contributed by atoms with E-state index in [4.69, 9.17) is 4.74 Å². The number of carbonyl (C=O) groups excluding carboxylic acids is 1. The van der Waals surface area contributed by atoms with Gasteiger partial charge in [0.1, 0.15) is 11.6 Å². The lowest BCUT2D eigenvalue weighted by atomic mass is 10.2. The Kier molecular flexibility index (Phi) is 5.99. The van der Waals surface area contributed by atoms with Gasteiger partial charge in [-0.15, -0.1) is 0 Å². The fourth-order valence-electron chi connectivity index (χ4n) is 1.98. The molecule has 2 rings (SSSR count). The van der Waals surface area contributed by atoms with Gasteiger partial charge in [0.2, 0.25) is 5.75 Å². The zero-order chi connectivity index (χ0) is 19.3. The molecular formula is C16H13F3N2O5. The first-order valence-corrected chi connectivity index (χ1v) is 7.23. The van der Waals surface area contributed by atoms with Gasteiger partial charge in [0, 0.05) is 12.1 Å². The van der Waals surface area contributed by atoms with Crippen molar-refractivity contribution in [2.24, 2.45) is 0 Å². The number of nitrogens with one attached hydrogen (secondary N) is 1. The first-order chi connectivity index (χ1) is 12.3. The van der Waals surface area contributed by atoms with Crippen molar-refractivity contribution in [3.8, 4) is 11.5 Å². The Morgan fingerprint density at radius 3 is 2.50 bits per heavy atom. The Bertz CT molecular complexity index is 816. The van der Waals surface area contributed by atoms with Crippen molar-refractivity contribution in [2.45, 2.75) is 19.6 Å². The van der Waals surface area contributed by atoms with Gasteiger partial charge in [-0.1, -0.05) is 12.1 Å². The summed E-state index contributed by atoms with van der Waals surface area (Å²) in [6.45, 7) is -1.82. The van der Waals surface area contributed by atoms with E-state index in [1.54, 1.807) is 0 Å². The van der Waals surface area contributed by atoms with Gasteiger partial charge in [-0.2, -0.15) is 8.78 Å². The highest BCUT2D eigenvalue weighted by Gasteiger charge is 2.23. The number of hydrogen-bond acceptors (Lipinski definition) is 5. The molecule has 10 heteroatoms. The van der Waals surface area contributed by atoms with Crippen molar-refractivity contribution in [2.75, 3.05) is 5.32 Å². The number of anilines is 1. The molecule has 26 heavy (non-hydrogen) atoms. The van der Waals surface area contributed by atoms with Gasteiger partial charge in [0.15, 0.2) is 6.10 Å². The molecule has 0 saturated heterocycles. The van der Waals surface area contributed by atoms with Crippen LogP contribution in [0.2, 0.25) is 0 Å². The summed E-state index contributed by atoms with van der Waals surface area (Å²) >= 11 is 0. The average Bonchev–Trinajstić information content (AvgIpc) is 2.55. The number of alkyl halides is 2. The molecule has 0 aliphatic heterocycles. The van der Waals surface area contributed by atoms with Gasteiger partial charge >= 0.3 is 12.3 Å². The first kappa shape index (κ1) is 19.0. The maximum absolute atomic E-state index is 13.3. The lowest BCUT2D eigenvalue weighted by Crippen LogP contribution is -2.30. The highest BCUT2D eigenvalue weighted by atomic mass is 19.3. The fraction of sp³-hybridized carbons (Fsp3) is 0.188. The van der Waals surface area contributed by atoms with E-state index in [-0.39, 0.29) is 11.4 Å². The van der Waals surface area contributed by atoms with E-state index in [0.717, 1.165) is 18.2 Å². The molecule has 0 heterocycles. The molecule has 0 saturated carbocycles. The molecule has 0 fully saturated rings. The summed E-state index contributed by atoms with van der Waals surface area (Å²) in [6, 6.07) is 8.03. The second-order valence-corrected chi connectivity index (χ2v) is 4.99. The van der Waals surface area contributed by atoms with Crippen molar-refractivity contribution in [1.29, 1.82) is 0 Å². The monoisotopic (exact) mass is 370 g/mol. The molecule has 0 aromatic heterocycles. The minimum atomic E-state index is -3.09. The summed E-state index contributed by atoms with van der Waals surface area (Å²) in [7, 11) is 0. The van der Waals surface area contributed by atoms with Gasteiger partial charge in [-0.05, 0) is 25.1 Å². The number of carbonyl (C=O) groups is 1. The second-order valence-electron chi connectivity index (χ2n) is 4.99. The summed E-state index contributed by atoms with van der Waals surface area (Å²) < 4.78 is 47.5. The van der Waals surface area contributed by atoms with Crippen LogP contribution in [-0.4, -0.2) is 23.5 Å². The van der Waals surface area contributed by atoms with E-state index in [1.165, 1.54) is 31.2 Å². The zero-order valence-corrected chi connectivity index (χ0v) is 13.3. The van der Waals surface area contributed by atoms with Crippen molar-refractivity contribution >= 4 is 17.3 Å². The van der Waals surface area contributed by atoms with E-state index in [1.807, 2.05) is 0 Å². The van der Waals surface area contributed by atoms with E-state index >= 15 is 0 Å². The van der Waals surface area contributed by atoms with Crippen LogP contribution in [0.4, 0.5) is 24.5 Å². The predicted molar refractivity (Wildman–Crippen MR) is 84.8 cm³/mol. The van der Waals surface area contributed by atoms with Gasteiger partial charge in [0.25, 0.3) is 5.91 Å². The van der Waals surface area contributed by atoms with Crippen molar-refractivity contribution in [3.05, 3.63) is 58.4 Å². The van der Waals surface area contributed by atoms with Crippen molar-refractivity contribution < 1.29 is 32.4 Å². The minimum Gasteiger partial charge on any atom is -0.474 e. The molecular weight excluding hydrogens is 357 g/mol. The molecule has 0 radical (unpaired) electrons. The van der Waals surface area contributed by atoms with Crippen LogP contribution >= 0.6 is 0 Å². The number of para-hydroxylation sites is 2. The SMILES string of the molecule is CC(Oc1cc(F)ccc1[N+](=O)[O-])C(=O)Nc1ccccc1OC(F)F. The summed E-state index contributed by atoms with van der Waals surface area (Å²) in [4.78, 5) is 22.3. The standard InChI is InChI=1S/C16H13F3N2O5/c1-9(25-14-8-10(17)6-7-12(14)21(23)24)15(22)20-11-4-2-3-5-13(11)26-16(18)19/h2-9,16H,1H3,(H,20,22). The molecule has 2 aromatic carbocycles. The van der Waals surface area contributed by atoms with Crippen LogP contribution in [0.1, 0.15) is 6.92 Å². The summed E-state index contributed by atoms with van der Waals surface area (Å²) in [5, 5.41) is 13.3.